The molecule has 9 nitrogen and oxygen atoms in total. The van der Waals surface area contributed by atoms with Gasteiger partial charge in [-0.3, -0.25) is 4.90 Å². The molecule has 6 rings (SSSR count). The third kappa shape index (κ3) is 5.52. The minimum Gasteiger partial charge on any atom is -0.508 e. The van der Waals surface area contributed by atoms with Gasteiger partial charge in [-0.2, -0.15) is 9.97 Å². The Labute approximate surface area is 218 Å². The molecule has 2 saturated heterocycles. The molecule has 3 fully saturated rings. The van der Waals surface area contributed by atoms with Crippen LogP contribution < -0.4 is 10.2 Å². The van der Waals surface area contributed by atoms with Gasteiger partial charge in [0.05, 0.1) is 19.5 Å². The molecular weight excluding hydrogens is 466 g/mol. The first kappa shape index (κ1) is 24.4. The number of aromatic hydroxyl groups is 1. The van der Waals surface area contributed by atoms with Crippen LogP contribution in [0.5, 0.6) is 5.75 Å². The molecule has 2 aliphatic heterocycles. The van der Waals surface area contributed by atoms with E-state index in [9.17, 15) is 5.11 Å². The van der Waals surface area contributed by atoms with Crippen LogP contribution in [0.2, 0.25) is 0 Å². The third-order valence-corrected chi connectivity index (χ3v) is 8.33. The number of rotatable bonds is 7. The number of phenols is 1. The zero-order valence-corrected chi connectivity index (χ0v) is 21.7. The molecule has 3 aliphatic rings. The highest BCUT2D eigenvalue weighted by Crippen LogP contribution is 2.33. The summed E-state index contributed by atoms with van der Waals surface area (Å²) in [5.74, 6) is 1.94. The van der Waals surface area contributed by atoms with Gasteiger partial charge < -0.3 is 24.6 Å². The average Bonchev–Trinajstić information content (AvgIpc) is 3.39. The second kappa shape index (κ2) is 11.2. The molecule has 2 aromatic heterocycles. The van der Waals surface area contributed by atoms with Crippen LogP contribution in [0, 0.1) is 0 Å². The number of ether oxygens (including phenoxy) is 1. The van der Waals surface area contributed by atoms with Gasteiger partial charge in [-0.25, -0.2) is 4.98 Å². The van der Waals surface area contributed by atoms with Gasteiger partial charge in [0.15, 0.2) is 17.0 Å². The maximum atomic E-state index is 9.58. The molecule has 1 aromatic carbocycles. The SMILES string of the molecule is Oc1ccc(CCNc2nc(N3CCC(N4CCOCC4)CC3)nc3c2ncn3C2CCCCC2)cc1. The number of nitrogens with zero attached hydrogens (tertiary/aromatic N) is 6. The van der Waals surface area contributed by atoms with E-state index in [-0.39, 0.29) is 0 Å². The minimum absolute atomic E-state index is 0.296. The first-order valence-electron chi connectivity index (χ1n) is 14.1. The average molecular weight is 506 g/mol. The summed E-state index contributed by atoms with van der Waals surface area (Å²) in [6, 6.07) is 8.51. The lowest BCUT2D eigenvalue weighted by Gasteiger charge is -2.40. The van der Waals surface area contributed by atoms with Crippen molar-refractivity contribution in [2.24, 2.45) is 0 Å². The quantitative estimate of drug-likeness (QED) is 0.498. The Kier molecular flexibility index (Phi) is 7.41. The fourth-order valence-corrected chi connectivity index (χ4v) is 6.16. The normalized spacial score (nSPS) is 20.5. The second-order valence-electron chi connectivity index (χ2n) is 10.7. The van der Waals surface area contributed by atoms with Gasteiger partial charge in [0.2, 0.25) is 5.95 Å². The van der Waals surface area contributed by atoms with Crippen LogP contribution in [-0.2, 0) is 11.2 Å². The molecule has 0 amide bonds. The molecule has 37 heavy (non-hydrogen) atoms. The van der Waals surface area contributed by atoms with E-state index in [0.29, 0.717) is 17.8 Å². The highest BCUT2D eigenvalue weighted by molar-refractivity contribution is 5.84. The molecule has 3 aromatic rings. The number of hydrogen-bond acceptors (Lipinski definition) is 8. The number of nitrogens with one attached hydrogen (secondary N) is 1. The van der Waals surface area contributed by atoms with Crippen LogP contribution in [0.3, 0.4) is 0 Å². The van der Waals surface area contributed by atoms with Crippen LogP contribution in [0.1, 0.15) is 56.6 Å². The monoisotopic (exact) mass is 505 g/mol. The molecule has 9 heteroatoms. The first-order chi connectivity index (χ1) is 18.2. The summed E-state index contributed by atoms with van der Waals surface area (Å²) in [5.41, 5.74) is 3.00. The summed E-state index contributed by atoms with van der Waals surface area (Å²) < 4.78 is 7.87. The van der Waals surface area contributed by atoms with Crippen molar-refractivity contribution in [3.63, 3.8) is 0 Å². The number of hydrogen-bond donors (Lipinski definition) is 2. The predicted molar refractivity (Wildman–Crippen MR) is 145 cm³/mol. The fraction of sp³-hybridized carbons (Fsp3) is 0.607. The summed E-state index contributed by atoms with van der Waals surface area (Å²) in [5, 5.41) is 13.1. The Hall–Kier alpha value is -2.91. The number of imidazole rings is 1. The number of morpholine rings is 1. The molecule has 0 spiro atoms. The lowest BCUT2D eigenvalue weighted by molar-refractivity contribution is 0.0114. The number of aromatic nitrogens is 4. The Morgan fingerprint density at radius 1 is 0.892 bits per heavy atom. The van der Waals surface area contributed by atoms with E-state index in [4.69, 9.17) is 19.7 Å². The summed E-state index contributed by atoms with van der Waals surface area (Å²) in [6.45, 7) is 6.47. The predicted octanol–water partition coefficient (Wildman–Crippen LogP) is 3.99. The van der Waals surface area contributed by atoms with Gasteiger partial charge in [0.25, 0.3) is 0 Å². The smallest absolute Gasteiger partial charge is 0.229 e. The van der Waals surface area contributed by atoms with Crippen LogP contribution in [0.15, 0.2) is 30.6 Å². The van der Waals surface area contributed by atoms with Gasteiger partial charge in [-0.15, -0.1) is 0 Å². The van der Waals surface area contributed by atoms with Crippen molar-refractivity contribution in [2.45, 2.75) is 63.5 Å². The molecule has 1 saturated carbocycles. The van der Waals surface area contributed by atoms with Crippen LogP contribution in [0.25, 0.3) is 11.2 Å². The van der Waals surface area contributed by atoms with Crippen molar-refractivity contribution in [1.29, 1.82) is 0 Å². The number of anilines is 2. The molecule has 2 N–H and O–H groups in total. The van der Waals surface area contributed by atoms with E-state index < -0.39 is 0 Å². The summed E-state index contributed by atoms with van der Waals surface area (Å²) >= 11 is 0. The minimum atomic E-state index is 0.296. The maximum Gasteiger partial charge on any atom is 0.229 e. The van der Waals surface area contributed by atoms with E-state index in [1.165, 1.54) is 37.7 Å². The van der Waals surface area contributed by atoms with Crippen molar-refractivity contribution in [2.75, 3.05) is 56.2 Å². The van der Waals surface area contributed by atoms with E-state index in [1.807, 2.05) is 18.5 Å². The lowest BCUT2D eigenvalue weighted by atomic mass is 9.95. The Bertz CT molecular complexity index is 1160. The first-order valence-corrected chi connectivity index (χ1v) is 14.1. The molecule has 198 valence electrons. The van der Waals surface area contributed by atoms with Crippen molar-refractivity contribution in [3.05, 3.63) is 36.2 Å². The molecule has 0 unspecified atom stereocenters. The molecule has 1 aliphatic carbocycles. The highest BCUT2D eigenvalue weighted by atomic mass is 16.5. The van der Waals surface area contributed by atoms with E-state index in [2.05, 4.69) is 19.7 Å². The van der Waals surface area contributed by atoms with Gasteiger partial charge in [-0.05, 0) is 49.8 Å². The summed E-state index contributed by atoms with van der Waals surface area (Å²) in [4.78, 5) is 19.9. The van der Waals surface area contributed by atoms with Crippen LogP contribution in [0.4, 0.5) is 11.8 Å². The largest absolute Gasteiger partial charge is 0.508 e. The Morgan fingerprint density at radius 3 is 2.41 bits per heavy atom. The van der Waals surface area contributed by atoms with Crippen LogP contribution in [-0.4, -0.2) is 81.5 Å². The van der Waals surface area contributed by atoms with Gasteiger partial charge in [0, 0.05) is 44.8 Å². The van der Waals surface area contributed by atoms with Gasteiger partial charge in [-0.1, -0.05) is 31.4 Å². The Morgan fingerprint density at radius 2 is 1.65 bits per heavy atom. The van der Waals surface area contributed by atoms with Crippen molar-refractivity contribution >= 4 is 22.9 Å². The van der Waals surface area contributed by atoms with Crippen LogP contribution >= 0.6 is 0 Å². The number of phenolic OH excluding ortho intramolecular Hbond substituents is 1. The maximum absolute atomic E-state index is 9.58. The zero-order valence-electron chi connectivity index (χ0n) is 21.7. The molecular formula is C28H39N7O2. The van der Waals surface area contributed by atoms with Crippen molar-refractivity contribution in [3.8, 4) is 5.75 Å². The number of piperidine rings is 1. The van der Waals surface area contributed by atoms with Gasteiger partial charge in [0.1, 0.15) is 5.75 Å². The number of benzene rings is 1. The van der Waals surface area contributed by atoms with E-state index in [1.54, 1.807) is 12.1 Å². The lowest BCUT2D eigenvalue weighted by Crippen LogP contribution is -2.49. The second-order valence-corrected chi connectivity index (χ2v) is 10.7. The molecule has 0 bridgehead atoms. The summed E-state index contributed by atoms with van der Waals surface area (Å²) in [7, 11) is 0. The number of fused-ring (bicyclic) bond motifs is 1. The Balaban J connectivity index is 1.22. The summed E-state index contributed by atoms with van der Waals surface area (Å²) in [6.07, 6.45) is 11.3. The molecule has 4 heterocycles. The van der Waals surface area contributed by atoms with Crippen molar-refractivity contribution in [1.82, 2.24) is 24.4 Å². The van der Waals surface area contributed by atoms with E-state index in [0.717, 1.165) is 88.1 Å². The molecule has 0 atom stereocenters. The standard InChI is InChI=1S/C28H39N7O2/c36-24-8-6-21(7-9-24)10-13-29-26-25-27(35(20-30-25)23-4-2-1-3-5-23)32-28(31-26)34-14-11-22(12-15-34)33-16-18-37-19-17-33/h6-9,20,22-23,36H,1-5,10-19H2,(H,29,31,32). The zero-order chi connectivity index (χ0) is 25.0. The molecule has 0 radical (unpaired) electrons. The van der Waals surface area contributed by atoms with Crippen molar-refractivity contribution < 1.29 is 9.84 Å². The third-order valence-electron chi connectivity index (χ3n) is 8.33. The van der Waals surface area contributed by atoms with E-state index >= 15 is 0 Å². The topological polar surface area (TPSA) is 91.6 Å². The van der Waals surface area contributed by atoms with Gasteiger partial charge >= 0.3 is 0 Å². The highest BCUT2D eigenvalue weighted by Gasteiger charge is 2.28. The fourth-order valence-electron chi connectivity index (χ4n) is 6.16.